The molecule has 3 rings (SSSR count). The molecule has 0 bridgehead atoms. The number of aliphatic carboxylic acids is 1. The molecule has 202 valence electrons. The topological polar surface area (TPSA) is 145 Å². The number of carboxylic acid groups (broad SMARTS) is 1. The van der Waals surface area contributed by atoms with Gasteiger partial charge in [-0.25, -0.2) is 4.39 Å². The molecule has 2 aromatic rings. The first-order valence-electron chi connectivity index (χ1n) is 11.5. The van der Waals surface area contributed by atoms with Crippen LogP contribution >= 0.6 is 45.2 Å². The fourth-order valence-corrected chi connectivity index (χ4v) is 3.83. The number of rotatable bonds is 10. The highest BCUT2D eigenvalue weighted by atomic mass is 127. The Kier molecular flexibility index (Phi) is 13.3. The van der Waals surface area contributed by atoms with Gasteiger partial charge in [-0.05, 0) is 29.9 Å². The van der Waals surface area contributed by atoms with Crippen molar-refractivity contribution in [1.29, 1.82) is 0 Å². The van der Waals surface area contributed by atoms with E-state index in [9.17, 15) is 24.5 Å². The van der Waals surface area contributed by atoms with Crippen LogP contribution in [0.15, 0.2) is 24.3 Å². The highest BCUT2D eigenvalue weighted by Crippen LogP contribution is 2.31. The van der Waals surface area contributed by atoms with Crippen molar-refractivity contribution < 1.29 is 39.1 Å². The number of aromatic nitrogens is 2. The van der Waals surface area contributed by atoms with Gasteiger partial charge in [-0.2, -0.15) is 0 Å². The molecule has 9 nitrogen and oxygen atoms in total. The van der Waals surface area contributed by atoms with Crippen molar-refractivity contribution in [3.63, 3.8) is 0 Å². The van der Waals surface area contributed by atoms with Gasteiger partial charge in [0.05, 0.1) is 9.04 Å². The Hall–Kier alpha value is -1.07. The Bertz CT molecular complexity index is 943. The summed E-state index contributed by atoms with van der Waals surface area (Å²) in [5, 5.41) is 45.4. The number of aryl methyl sites for hydroxylation is 1. The lowest BCUT2D eigenvalue weighted by Crippen LogP contribution is -2.58. The van der Waals surface area contributed by atoms with Gasteiger partial charge in [0.15, 0.2) is 6.17 Å². The number of halogens is 3. The van der Waals surface area contributed by atoms with Gasteiger partial charge in [0.25, 0.3) is 0 Å². The van der Waals surface area contributed by atoms with E-state index in [1.807, 2.05) is 38.1 Å². The number of carbonyl (C=O) groups is 1. The van der Waals surface area contributed by atoms with E-state index < -0.39 is 43.3 Å². The average Bonchev–Trinajstić information content (AvgIpc) is 3.23. The molecule has 12 heteroatoms. The summed E-state index contributed by atoms with van der Waals surface area (Å²) in [6.45, 7) is 3.30. The summed E-state index contributed by atoms with van der Waals surface area (Å²) in [6.07, 6.45) is -6.27. The quantitative estimate of drug-likeness (QED) is 0.185. The number of nitrogens with zero attached hydrogens (tertiary/aromatic N) is 1. The smallest absolute Gasteiger partial charge is 0.303 e. The molecular formula is C24H33FI2N2O7. The summed E-state index contributed by atoms with van der Waals surface area (Å²) < 4.78 is 26.3. The third kappa shape index (κ3) is 8.75. The summed E-state index contributed by atoms with van der Waals surface area (Å²) >= 11 is 4.55. The summed E-state index contributed by atoms with van der Waals surface area (Å²) in [6, 6.07) is 7.79. The Morgan fingerprint density at radius 2 is 1.81 bits per heavy atom. The van der Waals surface area contributed by atoms with Crippen molar-refractivity contribution in [3.8, 4) is 5.88 Å². The van der Waals surface area contributed by atoms with Crippen molar-refractivity contribution in [1.82, 2.24) is 10.2 Å². The average molecular weight is 734 g/mol. The number of aliphatic hydroxyl groups excluding tert-OH is 3. The Labute approximate surface area is 237 Å². The number of hydrogen-bond acceptors (Lipinski definition) is 7. The number of aliphatic hydroxyl groups is 3. The maximum absolute atomic E-state index is 14.0. The molecule has 0 unspecified atom stereocenters. The van der Waals surface area contributed by atoms with Crippen molar-refractivity contribution in [2.24, 2.45) is 0 Å². The monoisotopic (exact) mass is 734 g/mol. The molecule has 0 radical (unpaired) electrons. The number of aromatic amines is 1. The number of H-pyrrole nitrogens is 1. The van der Waals surface area contributed by atoms with E-state index in [4.69, 9.17) is 14.6 Å². The van der Waals surface area contributed by atoms with Crippen molar-refractivity contribution in [3.05, 3.63) is 46.6 Å². The number of ether oxygens (including phenoxy) is 2. The standard InChI is InChI=1S/C23H31FN2O7.CH2I2/c1-12(2)19-15(10-14-8-6-13(7-9-14)4-3-5-17(28)29)22(26-25-19)33-23-21(31)20(30)18(24)16(11-27)32-23;2-1-3/h6-9,12,16,18,20-21,23,27,30-31H,3-5,10-11H2,1-2H3,(H,25,26)(H,28,29);1H2/t16-,18-,20+,21-,23+;/m1./s1. The summed E-state index contributed by atoms with van der Waals surface area (Å²) in [4.78, 5) is 10.7. The van der Waals surface area contributed by atoms with Gasteiger partial charge >= 0.3 is 5.97 Å². The van der Waals surface area contributed by atoms with Crippen molar-refractivity contribution >= 4 is 51.2 Å². The first-order valence-corrected chi connectivity index (χ1v) is 14.6. The molecule has 5 atom stereocenters. The van der Waals surface area contributed by atoms with E-state index in [-0.39, 0.29) is 18.2 Å². The summed E-state index contributed by atoms with van der Waals surface area (Å²) in [5.74, 6) is -0.565. The molecule has 1 aromatic carbocycles. The van der Waals surface area contributed by atoms with Crippen LogP contribution in [0.4, 0.5) is 4.39 Å². The molecule has 1 aliphatic rings. The van der Waals surface area contributed by atoms with Crippen LogP contribution in [0.25, 0.3) is 0 Å². The molecule has 36 heavy (non-hydrogen) atoms. The highest BCUT2D eigenvalue weighted by Gasteiger charge is 2.46. The second-order valence-electron chi connectivity index (χ2n) is 8.69. The van der Waals surface area contributed by atoms with Crippen LogP contribution in [-0.2, 0) is 22.4 Å². The predicted octanol–water partition coefficient (Wildman–Crippen LogP) is 3.50. The van der Waals surface area contributed by atoms with E-state index in [1.54, 1.807) is 0 Å². The Balaban J connectivity index is 0.00000145. The Morgan fingerprint density at radius 3 is 2.36 bits per heavy atom. The molecule has 1 aliphatic heterocycles. The molecular weight excluding hydrogens is 701 g/mol. The minimum absolute atomic E-state index is 0.0864. The second-order valence-corrected chi connectivity index (χ2v) is 13.1. The third-order valence-corrected chi connectivity index (χ3v) is 5.73. The van der Waals surface area contributed by atoms with Crippen LogP contribution in [0.5, 0.6) is 5.88 Å². The lowest BCUT2D eigenvalue weighted by Gasteiger charge is -2.38. The molecule has 5 N–H and O–H groups in total. The van der Waals surface area contributed by atoms with Crippen LogP contribution < -0.4 is 4.74 Å². The maximum Gasteiger partial charge on any atom is 0.303 e. The summed E-state index contributed by atoms with van der Waals surface area (Å²) in [7, 11) is 0. The fraction of sp³-hybridized carbons (Fsp3) is 0.583. The SMILES string of the molecule is CC(C)c1[nH]nc(O[C@@H]2O[C@H](CO)[C@@H](F)[C@H](O)[C@H]2O)c1Cc1ccc(CCCC(=O)O)cc1.ICI. The van der Waals surface area contributed by atoms with E-state index >= 15 is 0 Å². The van der Waals surface area contributed by atoms with E-state index in [2.05, 4.69) is 55.4 Å². The lowest BCUT2D eigenvalue weighted by molar-refractivity contribution is -0.265. The van der Waals surface area contributed by atoms with Gasteiger partial charge in [0.2, 0.25) is 12.2 Å². The number of benzene rings is 1. The molecule has 2 heterocycles. The van der Waals surface area contributed by atoms with Gasteiger partial charge in [0, 0.05) is 24.1 Å². The van der Waals surface area contributed by atoms with Crippen LogP contribution in [0.1, 0.15) is 55.0 Å². The number of carboxylic acids is 1. The van der Waals surface area contributed by atoms with Crippen molar-refractivity contribution in [2.45, 2.75) is 76.2 Å². The molecule has 0 amide bonds. The zero-order valence-corrected chi connectivity index (χ0v) is 24.4. The van der Waals surface area contributed by atoms with Gasteiger partial charge in [-0.15, -0.1) is 5.10 Å². The van der Waals surface area contributed by atoms with Gasteiger partial charge in [-0.1, -0.05) is 83.3 Å². The van der Waals surface area contributed by atoms with Crippen molar-refractivity contribution in [2.75, 3.05) is 9.04 Å². The van der Waals surface area contributed by atoms with E-state index in [1.165, 1.54) is 2.43 Å². The lowest BCUT2D eigenvalue weighted by atomic mass is 9.98. The van der Waals surface area contributed by atoms with Crippen LogP contribution in [0.2, 0.25) is 0 Å². The number of alkyl halides is 3. The largest absolute Gasteiger partial charge is 0.481 e. The minimum atomic E-state index is -1.94. The second kappa shape index (κ2) is 15.4. The van der Waals surface area contributed by atoms with Crippen LogP contribution in [0.3, 0.4) is 0 Å². The predicted molar refractivity (Wildman–Crippen MR) is 149 cm³/mol. The Morgan fingerprint density at radius 1 is 1.19 bits per heavy atom. The van der Waals surface area contributed by atoms with Gasteiger partial charge < -0.3 is 29.9 Å². The molecule has 0 saturated carbocycles. The molecule has 1 aromatic heterocycles. The molecule has 1 fully saturated rings. The van der Waals surface area contributed by atoms with Gasteiger partial charge in [0.1, 0.15) is 18.3 Å². The summed E-state index contributed by atoms with van der Waals surface area (Å²) in [5.41, 5.74) is 3.56. The zero-order valence-electron chi connectivity index (χ0n) is 20.1. The first kappa shape index (κ1) is 31.1. The fourth-order valence-electron chi connectivity index (χ4n) is 3.83. The minimum Gasteiger partial charge on any atom is -0.481 e. The maximum atomic E-state index is 14.0. The number of nitrogens with one attached hydrogen (secondary N) is 1. The first-order chi connectivity index (χ1) is 17.1. The van der Waals surface area contributed by atoms with Crippen LogP contribution in [0, 0.1) is 0 Å². The third-order valence-electron chi connectivity index (χ3n) is 5.73. The van der Waals surface area contributed by atoms with E-state index in [0.29, 0.717) is 19.3 Å². The van der Waals surface area contributed by atoms with Gasteiger partial charge in [-0.3, -0.25) is 9.89 Å². The van der Waals surface area contributed by atoms with Crippen LogP contribution in [-0.4, -0.2) is 76.4 Å². The highest BCUT2D eigenvalue weighted by molar-refractivity contribution is 14.2. The number of hydrogen-bond donors (Lipinski definition) is 5. The molecule has 0 aliphatic carbocycles. The zero-order chi connectivity index (χ0) is 26.8. The van der Waals surface area contributed by atoms with E-state index in [0.717, 1.165) is 22.4 Å². The molecule has 0 spiro atoms. The molecule has 1 saturated heterocycles. The normalized spacial score (nSPS) is 23.8.